The molecule has 0 bridgehead atoms. The highest BCUT2D eigenvalue weighted by Gasteiger charge is 2.87. The summed E-state index contributed by atoms with van der Waals surface area (Å²) in [6, 6.07) is 1.69. The minimum atomic E-state index is -3.85. The minimum Gasteiger partial charge on any atom is -0.368 e. The van der Waals surface area contributed by atoms with Crippen molar-refractivity contribution in [2.75, 3.05) is 12.8 Å². The third-order valence-corrected chi connectivity index (χ3v) is 9.51. The maximum Gasteiger partial charge on any atom is 0.259 e. The molecule has 1 aliphatic heterocycles. The van der Waals surface area contributed by atoms with Crippen molar-refractivity contribution >= 4 is 38.5 Å². The number of fused-ring (bicyclic) bond motifs is 2. The molecule has 1 saturated heterocycles. The molecule has 1 saturated carbocycles. The fraction of sp³-hybridized carbons (Fsp3) is 0.577. The lowest BCUT2D eigenvalue weighted by atomic mass is 9.69. The number of nitrogens with two attached hydrogens (primary N) is 2. The van der Waals surface area contributed by atoms with Crippen LogP contribution in [0.4, 0.5) is 0 Å². The molecule has 3 heterocycles. The topological polar surface area (TPSA) is 198 Å². The second kappa shape index (κ2) is 8.67. The van der Waals surface area contributed by atoms with Crippen LogP contribution >= 0.6 is 0 Å². The van der Waals surface area contributed by atoms with Gasteiger partial charge in [0.1, 0.15) is 11.6 Å². The van der Waals surface area contributed by atoms with E-state index in [0.717, 1.165) is 6.26 Å². The summed E-state index contributed by atoms with van der Waals surface area (Å²) < 4.78 is 26.8. The van der Waals surface area contributed by atoms with Gasteiger partial charge < -0.3 is 21.4 Å². The average Bonchev–Trinajstić information content (AvgIpc) is 3.08. The van der Waals surface area contributed by atoms with Gasteiger partial charge in [-0.1, -0.05) is 41.5 Å². The molecule has 13 heteroatoms. The van der Waals surface area contributed by atoms with Crippen molar-refractivity contribution in [3.8, 4) is 0 Å². The van der Waals surface area contributed by atoms with Crippen LogP contribution in [0.5, 0.6) is 0 Å². The Balaban J connectivity index is 1.90. The number of nitrogens with one attached hydrogen (secondary N) is 2. The van der Waals surface area contributed by atoms with Gasteiger partial charge in [0.25, 0.3) is 5.56 Å². The third-order valence-electron chi connectivity index (χ3n) is 8.84. The van der Waals surface area contributed by atoms with E-state index in [2.05, 4.69) is 14.7 Å². The number of pyridine rings is 2. The van der Waals surface area contributed by atoms with Crippen LogP contribution in [0, 0.1) is 22.7 Å². The molecule has 3 unspecified atom stereocenters. The van der Waals surface area contributed by atoms with Gasteiger partial charge in [0.2, 0.25) is 21.8 Å². The summed E-state index contributed by atoms with van der Waals surface area (Å²) in [4.78, 5) is 62.6. The Morgan fingerprint density at radius 2 is 1.87 bits per heavy atom. The van der Waals surface area contributed by atoms with Crippen molar-refractivity contribution in [2.45, 2.75) is 58.7 Å². The van der Waals surface area contributed by atoms with Crippen LogP contribution in [0.1, 0.15) is 51.9 Å². The Kier molecular flexibility index (Phi) is 6.41. The highest BCUT2D eigenvalue weighted by Crippen LogP contribution is 2.72. The van der Waals surface area contributed by atoms with E-state index in [9.17, 15) is 27.6 Å². The van der Waals surface area contributed by atoms with Gasteiger partial charge in [0, 0.05) is 30.2 Å². The van der Waals surface area contributed by atoms with Gasteiger partial charge in [0.15, 0.2) is 5.78 Å². The molecule has 0 radical (unpaired) electrons. The number of carbonyl (C=O) groups excluding carboxylic acids is 3. The largest absolute Gasteiger partial charge is 0.368 e. The van der Waals surface area contributed by atoms with Gasteiger partial charge in [-0.25, -0.2) is 13.1 Å². The van der Waals surface area contributed by atoms with Crippen molar-refractivity contribution < 1.29 is 22.8 Å². The maximum atomic E-state index is 14.2. The average molecular weight is 561 g/mol. The molecule has 2 aliphatic rings. The number of nitrogens with zero attached hydrogens (tertiary/aromatic N) is 2. The summed E-state index contributed by atoms with van der Waals surface area (Å²) in [6.07, 6.45) is 3.91. The molecule has 12 nitrogen and oxygen atoms in total. The molecule has 39 heavy (non-hydrogen) atoms. The summed E-state index contributed by atoms with van der Waals surface area (Å²) in [5.74, 6) is -4.21. The number of Topliss-reactive ketones (excluding diaryl/α,β-unsaturated/α-hetero) is 1. The van der Waals surface area contributed by atoms with Crippen LogP contribution in [-0.4, -0.2) is 70.8 Å². The predicted octanol–water partition coefficient (Wildman–Crippen LogP) is 0.126. The normalized spacial score (nSPS) is 27.6. The molecular formula is C26H36N6O6S. The standard InChI is InChI=1S/C26H36N6O6S/c1-13(18(33)15-10-14-11-29-9-8-16(14)30-20(15)34)25(22(27)36)26(28)17(24(26,5)6)12-32(25)21(35)19(23(2,3)4)31-39(7,37)38/h8-11,13,17,19,31H,12,28H2,1-7H3,(H2,27,36)(H,30,34)/t13?,17?,19-,25?,26+/m1/s1. The molecule has 4 rings (SSSR count). The van der Waals surface area contributed by atoms with Crippen LogP contribution < -0.4 is 21.7 Å². The van der Waals surface area contributed by atoms with Gasteiger partial charge in [-0.3, -0.25) is 24.2 Å². The Labute approximate surface area is 227 Å². The maximum absolute atomic E-state index is 14.2. The van der Waals surface area contributed by atoms with Crippen molar-refractivity contribution in [3.63, 3.8) is 0 Å². The lowest BCUT2D eigenvalue weighted by Gasteiger charge is -2.49. The van der Waals surface area contributed by atoms with Crippen LogP contribution in [-0.2, 0) is 19.6 Å². The second-order valence-electron chi connectivity index (χ2n) is 12.5. The molecule has 212 valence electrons. The number of rotatable bonds is 7. The molecule has 2 amide bonds. The Morgan fingerprint density at radius 1 is 1.26 bits per heavy atom. The van der Waals surface area contributed by atoms with Crippen LogP contribution in [0.25, 0.3) is 10.9 Å². The molecule has 0 spiro atoms. The zero-order valence-electron chi connectivity index (χ0n) is 23.2. The fourth-order valence-corrected chi connectivity index (χ4v) is 7.49. The molecular weight excluding hydrogens is 524 g/mol. The van der Waals surface area contributed by atoms with Crippen molar-refractivity contribution in [2.24, 2.45) is 34.1 Å². The van der Waals surface area contributed by atoms with E-state index in [-0.39, 0.29) is 12.1 Å². The lowest BCUT2D eigenvalue weighted by molar-refractivity contribution is -0.152. The van der Waals surface area contributed by atoms with Crippen LogP contribution in [0.3, 0.4) is 0 Å². The van der Waals surface area contributed by atoms with Crippen LogP contribution in [0.2, 0.25) is 0 Å². The summed E-state index contributed by atoms with van der Waals surface area (Å²) >= 11 is 0. The number of piperidine rings is 1. The molecule has 5 atom stereocenters. The number of ketones is 1. The van der Waals surface area contributed by atoms with E-state index >= 15 is 0 Å². The SMILES string of the molecule is CC(C(=O)c1cc2cnccc2[nH]c1=O)C1(C(N)=O)N(C(=O)[C@@H](NS(C)(=O)=O)C(C)(C)C)CC2C(C)(C)[C@@]21N. The van der Waals surface area contributed by atoms with Crippen LogP contribution in [0.15, 0.2) is 29.3 Å². The number of aromatic nitrogens is 2. The molecule has 2 fully saturated rings. The van der Waals surface area contributed by atoms with E-state index < -0.39 is 73.0 Å². The van der Waals surface area contributed by atoms with E-state index in [4.69, 9.17) is 11.5 Å². The summed E-state index contributed by atoms with van der Waals surface area (Å²) in [5, 5.41) is 0.498. The number of sulfonamides is 1. The van der Waals surface area contributed by atoms with Gasteiger partial charge in [-0.05, 0) is 23.0 Å². The fourth-order valence-electron chi connectivity index (χ4n) is 6.61. The van der Waals surface area contributed by atoms with Crippen molar-refractivity contribution in [3.05, 3.63) is 40.4 Å². The first-order valence-corrected chi connectivity index (χ1v) is 14.5. The van der Waals surface area contributed by atoms with E-state index in [0.29, 0.717) is 10.9 Å². The van der Waals surface area contributed by atoms with Gasteiger partial charge in [-0.2, -0.15) is 0 Å². The van der Waals surface area contributed by atoms with E-state index in [1.54, 1.807) is 26.8 Å². The second-order valence-corrected chi connectivity index (χ2v) is 14.3. The zero-order valence-corrected chi connectivity index (χ0v) is 24.0. The van der Waals surface area contributed by atoms with Crippen molar-refractivity contribution in [1.82, 2.24) is 19.6 Å². The van der Waals surface area contributed by atoms with Gasteiger partial charge in [0.05, 0.1) is 28.8 Å². The van der Waals surface area contributed by atoms with Gasteiger partial charge >= 0.3 is 0 Å². The minimum absolute atomic E-state index is 0.0150. The Bertz CT molecular complexity index is 1560. The number of hydrogen-bond donors (Lipinski definition) is 4. The summed E-state index contributed by atoms with van der Waals surface area (Å²) in [5.41, 5.74) is 7.51. The number of hydrogen-bond acceptors (Lipinski definition) is 8. The first kappa shape index (κ1) is 28.8. The smallest absolute Gasteiger partial charge is 0.259 e. The summed E-state index contributed by atoms with van der Waals surface area (Å²) in [6.45, 7) is 10.1. The number of amides is 2. The number of likely N-dealkylation sites (tertiary alicyclic amines) is 1. The molecule has 0 aromatic carbocycles. The molecule has 6 N–H and O–H groups in total. The third kappa shape index (κ3) is 4.01. The lowest BCUT2D eigenvalue weighted by Crippen LogP contribution is -2.74. The molecule has 2 aromatic rings. The molecule has 2 aromatic heterocycles. The Hall–Kier alpha value is -3.16. The Morgan fingerprint density at radius 3 is 2.41 bits per heavy atom. The first-order chi connectivity index (χ1) is 17.7. The number of H-pyrrole nitrogens is 1. The van der Waals surface area contributed by atoms with Gasteiger partial charge in [-0.15, -0.1) is 0 Å². The van der Waals surface area contributed by atoms with Crippen molar-refractivity contribution in [1.29, 1.82) is 0 Å². The monoisotopic (exact) mass is 560 g/mol. The van der Waals surface area contributed by atoms with E-state index in [1.165, 1.54) is 30.3 Å². The zero-order chi connectivity index (χ0) is 29.5. The number of primary amides is 1. The quantitative estimate of drug-likeness (QED) is 0.342. The number of aromatic amines is 1. The summed E-state index contributed by atoms with van der Waals surface area (Å²) in [7, 11) is -3.85. The molecule has 1 aliphatic carbocycles. The number of carbonyl (C=O) groups is 3. The first-order valence-electron chi connectivity index (χ1n) is 12.6. The highest BCUT2D eigenvalue weighted by atomic mass is 32.2. The predicted molar refractivity (Wildman–Crippen MR) is 145 cm³/mol. The van der Waals surface area contributed by atoms with E-state index in [1.807, 2.05) is 13.8 Å². The highest BCUT2D eigenvalue weighted by molar-refractivity contribution is 7.88.